The van der Waals surface area contributed by atoms with E-state index in [1.807, 2.05) is 54.5 Å². The molecule has 1 aliphatic heterocycles. The summed E-state index contributed by atoms with van der Waals surface area (Å²) in [7, 11) is 0. The zero-order valence-corrected chi connectivity index (χ0v) is 17.3. The van der Waals surface area contributed by atoms with Gasteiger partial charge in [-0.3, -0.25) is 9.59 Å². The molecule has 0 spiro atoms. The molecule has 0 fully saturated rings. The number of aromatic nitrogens is 1. The van der Waals surface area contributed by atoms with Crippen molar-refractivity contribution in [3.63, 3.8) is 0 Å². The van der Waals surface area contributed by atoms with Crippen LogP contribution >= 0.6 is 11.3 Å². The Morgan fingerprint density at radius 3 is 2.83 bits per heavy atom. The summed E-state index contributed by atoms with van der Waals surface area (Å²) in [5.41, 5.74) is 4.91. The zero-order valence-electron chi connectivity index (χ0n) is 16.5. The first kappa shape index (κ1) is 19.4. The predicted molar refractivity (Wildman–Crippen MR) is 112 cm³/mol. The van der Waals surface area contributed by atoms with E-state index in [9.17, 15) is 9.59 Å². The third-order valence-electron chi connectivity index (χ3n) is 5.30. The number of amides is 2. The number of nitrogens with zero attached hydrogens (tertiary/aromatic N) is 2. The van der Waals surface area contributed by atoms with Crippen LogP contribution in [0.2, 0.25) is 0 Å². The number of carbonyl (C=O) groups excluding carboxylic acids is 2. The van der Waals surface area contributed by atoms with E-state index in [4.69, 9.17) is 4.52 Å². The summed E-state index contributed by atoms with van der Waals surface area (Å²) < 4.78 is 5.15. The second kappa shape index (κ2) is 8.21. The van der Waals surface area contributed by atoms with E-state index >= 15 is 0 Å². The summed E-state index contributed by atoms with van der Waals surface area (Å²) in [5.74, 6) is 0.784. The lowest BCUT2D eigenvalue weighted by atomic mass is 9.98. The Hall–Kier alpha value is -2.93. The number of benzene rings is 1. The van der Waals surface area contributed by atoms with E-state index in [1.54, 1.807) is 0 Å². The van der Waals surface area contributed by atoms with E-state index in [0.29, 0.717) is 25.9 Å². The predicted octanol–water partition coefficient (Wildman–Crippen LogP) is 4.12. The van der Waals surface area contributed by atoms with Crippen LogP contribution in [-0.2, 0) is 24.2 Å². The van der Waals surface area contributed by atoms with Crippen LogP contribution in [-0.4, -0.2) is 28.4 Å². The first-order chi connectivity index (χ1) is 14.0. The topological polar surface area (TPSA) is 75.4 Å². The van der Waals surface area contributed by atoms with Crippen molar-refractivity contribution in [3.05, 3.63) is 68.7 Å². The van der Waals surface area contributed by atoms with Crippen LogP contribution in [0.1, 0.15) is 44.2 Å². The molecule has 0 radical (unpaired) electrons. The molecule has 1 aliphatic rings. The van der Waals surface area contributed by atoms with E-state index < -0.39 is 0 Å². The summed E-state index contributed by atoms with van der Waals surface area (Å²) in [6.07, 6.45) is 1.79. The van der Waals surface area contributed by atoms with E-state index in [-0.39, 0.29) is 11.8 Å². The molecule has 3 aromatic rings. The second-order valence-electron chi connectivity index (χ2n) is 7.29. The fourth-order valence-corrected chi connectivity index (χ4v) is 4.38. The van der Waals surface area contributed by atoms with Gasteiger partial charge in [0.15, 0.2) is 0 Å². The number of hydrogen-bond donors (Lipinski definition) is 1. The van der Waals surface area contributed by atoms with Crippen molar-refractivity contribution in [1.82, 2.24) is 10.1 Å². The van der Waals surface area contributed by atoms with Gasteiger partial charge in [0.05, 0.1) is 10.6 Å². The van der Waals surface area contributed by atoms with Crippen molar-refractivity contribution in [2.24, 2.45) is 0 Å². The largest absolute Gasteiger partial charge is 0.361 e. The average molecular weight is 410 g/mol. The van der Waals surface area contributed by atoms with Crippen molar-refractivity contribution < 1.29 is 14.1 Å². The van der Waals surface area contributed by atoms with Gasteiger partial charge in [0.25, 0.3) is 5.91 Å². The molecule has 6 nitrogen and oxygen atoms in total. The van der Waals surface area contributed by atoms with Crippen LogP contribution in [0, 0.1) is 13.8 Å². The Balaban J connectivity index is 1.39. The number of rotatable bonds is 5. The molecule has 0 saturated heterocycles. The van der Waals surface area contributed by atoms with Gasteiger partial charge >= 0.3 is 0 Å². The third-order valence-corrected chi connectivity index (χ3v) is 6.16. The number of hydrogen-bond acceptors (Lipinski definition) is 5. The highest BCUT2D eigenvalue weighted by Gasteiger charge is 2.22. The van der Waals surface area contributed by atoms with Crippen LogP contribution in [0.25, 0.3) is 0 Å². The molecular weight excluding hydrogens is 386 g/mol. The fourth-order valence-electron chi connectivity index (χ4n) is 3.69. The SMILES string of the molecule is Cc1noc(C)c1CCC(=O)Nc1ccc2c(c1)CN(C(=O)c1cccs1)CC2. The van der Waals surface area contributed by atoms with Gasteiger partial charge in [-0.05, 0) is 61.4 Å². The number of thiophene rings is 1. The molecule has 29 heavy (non-hydrogen) atoms. The number of anilines is 1. The lowest BCUT2D eigenvalue weighted by Crippen LogP contribution is -2.35. The molecule has 0 saturated carbocycles. The highest BCUT2D eigenvalue weighted by molar-refractivity contribution is 7.12. The number of carbonyl (C=O) groups is 2. The van der Waals surface area contributed by atoms with Crippen LogP contribution in [0.5, 0.6) is 0 Å². The molecule has 150 valence electrons. The van der Waals surface area contributed by atoms with E-state index in [1.165, 1.54) is 16.9 Å². The summed E-state index contributed by atoms with van der Waals surface area (Å²) in [6, 6.07) is 9.72. The van der Waals surface area contributed by atoms with E-state index in [2.05, 4.69) is 10.5 Å². The number of fused-ring (bicyclic) bond motifs is 1. The Labute approximate surface area is 173 Å². The maximum Gasteiger partial charge on any atom is 0.264 e. The van der Waals surface area contributed by atoms with Gasteiger partial charge in [0.2, 0.25) is 5.91 Å². The van der Waals surface area contributed by atoms with Crippen molar-refractivity contribution in [3.8, 4) is 0 Å². The second-order valence-corrected chi connectivity index (χ2v) is 8.24. The van der Waals surface area contributed by atoms with Gasteiger partial charge < -0.3 is 14.7 Å². The Kier molecular flexibility index (Phi) is 5.49. The summed E-state index contributed by atoms with van der Waals surface area (Å²) >= 11 is 1.46. The standard InChI is InChI=1S/C22H23N3O3S/c1-14-19(15(2)28-24-14)7-8-21(26)23-18-6-5-16-9-10-25(13-17(16)12-18)22(27)20-4-3-11-29-20/h3-6,11-12H,7-10,13H2,1-2H3,(H,23,26). The van der Waals surface area contributed by atoms with Gasteiger partial charge in [-0.25, -0.2) is 0 Å². The van der Waals surface area contributed by atoms with Crippen LogP contribution < -0.4 is 5.32 Å². The fraction of sp³-hybridized carbons (Fsp3) is 0.318. The smallest absolute Gasteiger partial charge is 0.264 e. The van der Waals surface area contributed by atoms with E-state index in [0.717, 1.165) is 39.6 Å². The van der Waals surface area contributed by atoms with Gasteiger partial charge in [-0.15, -0.1) is 11.3 Å². The Bertz CT molecular complexity index is 1020. The molecule has 0 aliphatic carbocycles. The van der Waals surface area contributed by atoms with Crippen LogP contribution in [0.15, 0.2) is 40.2 Å². The minimum Gasteiger partial charge on any atom is -0.361 e. The maximum absolute atomic E-state index is 12.6. The lowest BCUT2D eigenvalue weighted by Gasteiger charge is -2.29. The molecule has 2 amide bonds. The molecule has 2 aromatic heterocycles. The minimum atomic E-state index is -0.0488. The Morgan fingerprint density at radius 2 is 2.10 bits per heavy atom. The molecular formula is C22H23N3O3S. The molecule has 3 heterocycles. The van der Waals surface area contributed by atoms with Gasteiger partial charge in [0.1, 0.15) is 5.76 Å². The lowest BCUT2D eigenvalue weighted by molar-refractivity contribution is -0.116. The Morgan fingerprint density at radius 1 is 1.24 bits per heavy atom. The highest BCUT2D eigenvalue weighted by atomic mass is 32.1. The van der Waals surface area contributed by atoms with Gasteiger partial charge in [-0.2, -0.15) is 0 Å². The summed E-state index contributed by atoms with van der Waals surface area (Å²) in [5, 5.41) is 8.82. The molecule has 1 N–H and O–H groups in total. The van der Waals surface area contributed by atoms with Crippen molar-refractivity contribution in [1.29, 1.82) is 0 Å². The van der Waals surface area contributed by atoms with Gasteiger partial charge in [-0.1, -0.05) is 17.3 Å². The normalized spacial score (nSPS) is 13.2. The van der Waals surface area contributed by atoms with Crippen molar-refractivity contribution in [2.45, 2.75) is 39.7 Å². The molecule has 0 bridgehead atoms. The summed E-state index contributed by atoms with van der Waals surface area (Å²) in [6.45, 7) is 5.03. The number of nitrogens with one attached hydrogen (secondary N) is 1. The molecule has 0 unspecified atom stereocenters. The maximum atomic E-state index is 12.6. The average Bonchev–Trinajstić information content (AvgIpc) is 3.36. The minimum absolute atomic E-state index is 0.0488. The highest BCUT2D eigenvalue weighted by Crippen LogP contribution is 2.25. The monoisotopic (exact) mass is 409 g/mol. The molecule has 7 heteroatoms. The summed E-state index contributed by atoms with van der Waals surface area (Å²) in [4.78, 5) is 27.7. The van der Waals surface area contributed by atoms with Crippen LogP contribution in [0.4, 0.5) is 5.69 Å². The van der Waals surface area contributed by atoms with Crippen molar-refractivity contribution in [2.75, 3.05) is 11.9 Å². The number of aryl methyl sites for hydroxylation is 2. The van der Waals surface area contributed by atoms with Crippen LogP contribution in [0.3, 0.4) is 0 Å². The first-order valence-electron chi connectivity index (χ1n) is 9.67. The third kappa shape index (κ3) is 4.24. The van der Waals surface area contributed by atoms with Crippen molar-refractivity contribution >= 4 is 28.8 Å². The molecule has 4 rings (SSSR count). The van der Waals surface area contributed by atoms with Gasteiger partial charge in [0, 0.05) is 30.8 Å². The quantitative estimate of drug-likeness (QED) is 0.688. The zero-order chi connectivity index (χ0) is 20.4. The molecule has 1 aromatic carbocycles. The first-order valence-corrected chi connectivity index (χ1v) is 10.6. The molecule has 0 atom stereocenters.